The molecule has 0 spiro atoms. The summed E-state index contributed by atoms with van der Waals surface area (Å²) in [5.74, 6) is 0.510. The van der Waals surface area contributed by atoms with Gasteiger partial charge in [0.05, 0.1) is 5.69 Å². The van der Waals surface area contributed by atoms with Crippen molar-refractivity contribution in [2.75, 3.05) is 13.1 Å². The first-order valence-corrected chi connectivity index (χ1v) is 4.73. The molecule has 0 aliphatic carbocycles. The molecule has 1 aliphatic rings. The second-order valence-electron chi connectivity index (χ2n) is 3.48. The summed E-state index contributed by atoms with van der Waals surface area (Å²) >= 11 is 0. The summed E-state index contributed by atoms with van der Waals surface area (Å²) in [5, 5.41) is 4.37. The first-order valence-electron chi connectivity index (χ1n) is 4.73. The van der Waals surface area contributed by atoms with Gasteiger partial charge in [-0.25, -0.2) is 0 Å². The molecule has 0 saturated carbocycles. The van der Waals surface area contributed by atoms with E-state index in [9.17, 15) is 0 Å². The smallest absolute Gasteiger partial charge is 0.0748 e. The molecule has 71 valence electrons. The largest absolute Gasteiger partial charge is 0.275 e. The van der Waals surface area contributed by atoms with Crippen LogP contribution in [0.25, 0.3) is 0 Å². The van der Waals surface area contributed by atoms with Crippen LogP contribution in [-0.2, 0) is 7.05 Å². The van der Waals surface area contributed by atoms with E-state index >= 15 is 0 Å². The summed E-state index contributed by atoms with van der Waals surface area (Å²) in [7, 11) is 1.93. The summed E-state index contributed by atoms with van der Waals surface area (Å²) in [6, 6.07) is 3.19. The fraction of sp³-hybridized carbons (Fsp3) is 0.667. The zero-order chi connectivity index (χ0) is 9.10. The summed E-state index contributed by atoms with van der Waals surface area (Å²) in [5.41, 5.74) is 7.42. The van der Waals surface area contributed by atoms with Crippen molar-refractivity contribution in [3.63, 3.8) is 0 Å². The van der Waals surface area contributed by atoms with Gasteiger partial charge in [0.25, 0.3) is 0 Å². The van der Waals surface area contributed by atoms with E-state index in [0.29, 0.717) is 5.92 Å². The van der Waals surface area contributed by atoms with Gasteiger partial charge in [0.15, 0.2) is 0 Å². The van der Waals surface area contributed by atoms with Crippen LogP contribution in [0.2, 0.25) is 0 Å². The summed E-state index contributed by atoms with van der Waals surface area (Å²) in [6.07, 6.45) is 4.27. The van der Waals surface area contributed by atoms with Crippen molar-refractivity contribution in [1.82, 2.24) is 20.6 Å². The zero-order valence-corrected chi connectivity index (χ0v) is 7.88. The number of hydrogen-bond donors (Lipinski definition) is 2. The first-order chi connectivity index (χ1) is 6.36. The molecule has 0 amide bonds. The minimum absolute atomic E-state index is 0.510. The maximum absolute atomic E-state index is 4.37. The molecule has 1 saturated heterocycles. The maximum atomic E-state index is 4.37. The van der Waals surface area contributed by atoms with Crippen molar-refractivity contribution in [2.24, 2.45) is 7.05 Å². The van der Waals surface area contributed by atoms with Gasteiger partial charge >= 0.3 is 0 Å². The number of hydrazine groups is 1. The Labute approximate surface area is 78.3 Å². The molecule has 1 aliphatic heterocycles. The van der Waals surface area contributed by atoms with Gasteiger partial charge in [-0.15, -0.1) is 0 Å². The number of nitrogens with one attached hydrogen (secondary N) is 2. The monoisotopic (exact) mass is 179 g/mol. The van der Waals surface area contributed by atoms with Gasteiger partial charge < -0.3 is 0 Å². The standard InChI is InChI=1S/C9H15N4/c1-13-6-4-9(12-13)8-3-2-5-10-11-7-8/h6,8,10-11H,2-3,5,7H2,1H3. The minimum atomic E-state index is 0.510. The molecule has 2 rings (SSSR count). The van der Waals surface area contributed by atoms with Crippen LogP contribution >= 0.6 is 0 Å². The lowest BCUT2D eigenvalue weighted by atomic mass is 10.0. The Kier molecular flexibility index (Phi) is 2.61. The molecule has 4 heteroatoms. The highest BCUT2D eigenvalue weighted by molar-refractivity contribution is 5.05. The molecule has 4 nitrogen and oxygen atoms in total. The number of aryl methyl sites for hydroxylation is 1. The van der Waals surface area contributed by atoms with Crippen LogP contribution in [0.15, 0.2) is 6.20 Å². The Bertz CT molecular complexity index is 260. The Morgan fingerprint density at radius 2 is 2.54 bits per heavy atom. The van der Waals surface area contributed by atoms with Crippen molar-refractivity contribution < 1.29 is 0 Å². The van der Waals surface area contributed by atoms with Crippen molar-refractivity contribution >= 4 is 0 Å². The molecule has 1 fully saturated rings. The van der Waals surface area contributed by atoms with Gasteiger partial charge in [-0.2, -0.15) is 5.10 Å². The fourth-order valence-corrected chi connectivity index (χ4v) is 1.64. The fourth-order valence-electron chi connectivity index (χ4n) is 1.64. The van der Waals surface area contributed by atoms with E-state index in [-0.39, 0.29) is 0 Å². The lowest BCUT2D eigenvalue weighted by Gasteiger charge is -2.09. The summed E-state index contributed by atoms with van der Waals surface area (Å²) in [6.45, 7) is 2.00. The van der Waals surface area contributed by atoms with E-state index in [1.54, 1.807) is 0 Å². The van der Waals surface area contributed by atoms with E-state index in [1.807, 2.05) is 17.9 Å². The lowest BCUT2D eigenvalue weighted by molar-refractivity contribution is 0.539. The van der Waals surface area contributed by atoms with Crippen LogP contribution in [0, 0.1) is 6.07 Å². The summed E-state index contributed by atoms with van der Waals surface area (Å²) in [4.78, 5) is 0. The van der Waals surface area contributed by atoms with Gasteiger partial charge in [-0.1, -0.05) is 0 Å². The molecule has 1 atom stereocenters. The Balaban J connectivity index is 2.06. The van der Waals surface area contributed by atoms with Gasteiger partial charge in [-0.05, 0) is 12.8 Å². The number of rotatable bonds is 1. The topological polar surface area (TPSA) is 41.9 Å². The van der Waals surface area contributed by atoms with Gasteiger partial charge in [0.1, 0.15) is 0 Å². The van der Waals surface area contributed by atoms with Crippen molar-refractivity contribution in [3.05, 3.63) is 18.0 Å². The quantitative estimate of drug-likeness (QED) is 0.647. The number of aromatic nitrogens is 2. The van der Waals surface area contributed by atoms with Gasteiger partial charge in [0.2, 0.25) is 0 Å². The number of nitrogens with zero attached hydrogens (tertiary/aromatic N) is 2. The third-order valence-corrected chi connectivity index (χ3v) is 2.38. The van der Waals surface area contributed by atoms with E-state index in [2.05, 4.69) is 22.0 Å². The minimum Gasteiger partial charge on any atom is -0.275 e. The zero-order valence-electron chi connectivity index (χ0n) is 7.88. The average Bonchev–Trinajstić information content (AvgIpc) is 2.43. The molecule has 1 unspecified atom stereocenters. The molecule has 1 radical (unpaired) electrons. The van der Waals surface area contributed by atoms with Crippen LogP contribution in [0.4, 0.5) is 0 Å². The SMILES string of the molecule is Cn1c[c]c(C2CCCNNC2)n1. The van der Waals surface area contributed by atoms with Gasteiger partial charge in [0, 0.05) is 38.3 Å². The van der Waals surface area contributed by atoms with E-state index in [4.69, 9.17) is 0 Å². The van der Waals surface area contributed by atoms with E-state index in [0.717, 1.165) is 18.8 Å². The molecule has 1 aromatic rings. The van der Waals surface area contributed by atoms with Crippen molar-refractivity contribution in [2.45, 2.75) is 18.8 Å². The Morgan fingerprint density at radius 1 is 1.62 bits per heavy atom. The van der Waals surface area contributed by atoms with Crippen LogP contribution in [0.3, 0.4) is 0 Å². The Morgan fingerprint density at radius 3 is 3.31 bits per heavy atom. The molecule has 0 aromatic carbocycles. The molecular formula is C9H15N4. The van der Waals surface area contributed by atoms with Gasteiger partial charge in [-0.3, -0.25) is 15.5 Å². The third kappa shape index (κ3) is 2.08. The van der Waals surface area contributed by atoms with Crippen molar-refractivity contribution in [1.29, 1.82) is 0 Å². The van der Waals surface area contributed by atoms with Crippen molar-refractivity contribution in [3.8, 4) is 0 Å². The van der Waals surface area contributed by atoms with Crippen LogP contribution in [0.1, 0.15) is 24.5 Å². The van der Waals surface area contributed by atoms with Crippen LogP contribution < -0.4 is 10.9 Å². The highest BCUT2D eigenvalue weighted by Crippen LogP contribution is 2.18. The second kappa shape index (κ2) is 3.89. The first kappa shape index (κ1) is 8.72. The van der Waals surface area contributed by atoms with E-state index < -0.39 is 0 Å². The predicted molar refractivity (Wildman–Crippen MR) is 50.0 cm³/mol. The molecule has 2 N–H and O–H groups in total. The summed E-state index contributed by atoms with van der Waals surface area (Å²) < 4.78 is 1.81. The van der Waals surface area contributed by atoms with Crippen LogP contribution in [-0.4, -0.2) is 22.9 Å². The molecule has 13 heavy (non-hydrogen) atoms. The lowest BCUT2D eigenvalue weighted by Crippen LogP contribution is -2.32. The number of hydrogen-bond acceptors (Lipinski definition) is 3. The Hall–Kier alpha value is -0.870. The highest BCUT2D eigenvalue weighted by Gasteiger charge is 2.15. The molecular weight excluding hydrogens is 164 g/mol. The second-order valence-corrected chi connectivity index (χ2v) is 3.48. The van der Waals surface area contributed by atoms with E-state index in [1.165, 1.54) is 12.8 Å². The predicted octanol–water partition coefficient (Wildman–Crippen LogP) is 0.192. The molecule has 2 heterocycles. The van der Waals surface area contributed by atoms with Crippen LogP contribution in [0.5, 0.6) is 0 Å². The highest BCUT2D eigenvalue weighted by atomic mass is 15.4. The molecule has 0 bridgehead atoms. The molecule has 1 aromatic heterocycles. The normalized spacial score (nSPS) is 24.2. The average molecular weight is 179 g/mol. The maximum Gasteiger partial charge on any atom is 0.0748 e. The third-order valence-electron chi connectivity index (χ3n) is 2.38.